The number of sulfonamides is 1. The van der Waals surface area contributed by atoms with E-state index in [0.717, 1.165) is 11.8 Å². The molecule has 4 unspecified atom stereocenters. The Hall–Kier alpha value is -1.38. The highest BCUT2D eigenvalue weighted by atomic mass is 32.2. The Kier molecular flexibility index (Phi) is 2.51. The van der Waals surface area contributed by atoms with Crippen LogP contribution < -0.4 is 4.72 Å². The van der Waals surface area contributed by atoms with Crippen LogP contribution in [0.4, 0.5) is 0 Å². The van der Waals surface area contributed by atoms with Gasteiger partial charge < -0.3 is 0 Å². The second-order valence-electron chi connectivity index (χ2n) is 6.24. The summed E-state index contributed by atoms with van der Waals surface area (Å²) in [5.74, 6) is 2.56. The van der Waals surface area contributed by atoms with Crippen LogP contribution in [0.5, 0.6) is 0 Å². The van der Waals surface area contributed by atoms with Gasteiger partial charge in [0.25, 0.3) is 0 Å². The van der Waals surface area contributed by atoms with Gasteiger partial charge >= 0.3 is 0 Å². The molecule has 1 aromatic carbocycles. The van der Waals surface area contributed by atoms with Crippen LogP contribution in [0.1, 0.15) is 24.8 Å². The lowest BCUT2D eigenvalue weighted by molar-refractivity contribution is 0.456. The molecule has 3 aliphatic carbocycles. The quantitative estimate of drug-likeness (QED) is 0.923. The number of fused-ring (bicyclic) bond motifs is 5. The largest absolute Gasteiger partial charge is 0.242 e. The molecule has 0 aliphatic heterocycles. The standard InChI is InChI=1S/C15H16N2O2S/c16-8-11-3-1-2-4-12(11)20(18,19)17-15-13-9-5-6-10(7-9)14(13)15/h1-4,9-10,13-15,17H,5-7H2. The maximum atomic E-state index is 12.5. The molecule has 0 spiro atoms. The van der Waals surface area contributed by atoms with Gasteiger partial charge in [-0.3, -0.25) is 0 Å². The van der Waals surface area contributed by atoms with Crippen molar-refractivity contribution in [2.75, 3.05) is 0 Å². The van der Waals surface area contributed by atoms with Crippen LogP contribution in [-0.4, -0.2) is 14.5 Å². The van der Waals surface area contributed by atoms with Crippen molar-refractivity contribution >= 4 is 10.0 Å². The number of hydrogen-bond acceptors (Lipinski definition) is 3. The Balaban J connectivity index is 1.59. The summed E-state index contributed by atoms with van der Waals surface area (Å²) in [5, 5.41) is 9.04. The predicted molar refractivity (Wildman–Crippen MR) is 73.1 cm³/mol. The van der Waals surface area contributed by atoms with Crippen LogP contribution in [0, 0.1) is 35.0 Å². The van der Waals surface area contributed by atoms with Crippen LogP contribution in [0.2, 0.25) is 0 Å². The molecule has 104 valence electrons. The highest BCUT2D eigenvalue weighted by molar-refractivity contribution is 7.89. The van der Waals surface area contributed by atoms with E-state index in [1.54, 1.807) is 18.2 Å². The maximum absolute atomic E-state index is 12.5. The van der Waals surface area contributed by atoms with Crippen molar-refractivity contribution in [3.8, 4) is 6.07 Å². The van der Waals surface area contributed by atoms with E-state index in [-0.39, 0.29) is 16.5 Å². The topological polar surface area (TPSA) is 70.0 Å². The van der Waals surface area contributed by atoms with E-state index in [1.165, 1.54) is 25.3 Å². The molecule has 3 saturated carbocycles. The summed E-state index contributed by atoms with van der Waals surface area (Å²) in [4.78, 5) is 0.111. The van der Waals surface area contributed by atoms with Gasteiger partial charge in [-0.2, -0.15) is 5.26 Å². The lowest BCUT2D eigenvalue weighted by Gasteiger charge is -2.12. The molecule has 0 saturated heterocycles. The molecule has 0 amide bonds. The van der Waals surface area contributed by atoms with Crippen LogP contribution in [0.3, 0.4) is 0 Å². The molecule has 4 rings (SSSR count). The molecule has 0 radical (unpaired) electrons. The fraction of sp³-hybridized carbons (Fsp3) is 0.533. The predicted octanol–water partition coefficient (Wildman–Crippen LogP) is 1.88. The summed E-state index contributed by atoms with van der Waals surface area (Å²) in [7, 11) is -3.57. The number of nitriles is 1. The van der Waals surface area contributed by atoms with E-state index in [4.69, 9.17) is 5.26 Å². The molecule has 2 bridgehead atoms. The normalized spacial score (nSPS) is 37.5. The van der Waals surface area contributed by atoms with Crippen molar-refractivity contribution in [1.29, 1.82) is 5.26 Å². The number of rotatable bonds is 3. The third-order valence-electron chi connectivity index (χ3n) is 5.32. The minimum atomic E-state index is -3.57. The lowest BCUT2D eigenvalue weighted by Crippen LogP contribution is -2.30. The van der Waals surface area contributed by atoms with E-state index in [9.17, 15) is 8.42 Å². The van der Waals surface area contributed by atoms with E-state index in [2.05, 4.69) is 4.72 Å². The molecule has 3 aliphatic rings. The minimum Gasteiger partial charge on any atom is -0.207 e. The second-order valence-corrected chi connectivity index (χ2v) is 7.93. The minimum absolute atomic E-state index is 0.109. The smallest absolute Gasteiger partial charge is 0.207 e. The van der Waals surface area contributed by atoms with Gasteiger partial charge in [-0.1, -0.05) is 12.1 Å². The molecule has 1 aromatic rings. The first-order valence-electron chi connectivity index (χ1n) is 7.13. The van der Waals surface area contributed by atoms with Crippen molar-refractivity contribution in [2.45, 2.75) is 30.2 Å². The summed E-state index contributed by atoms with van der Waals surface area (Å²) in [6.45, 7) is 0. The highest BCUT2D eigenvalue weighted by Gasteiger charge is 2.65. The third-order valence-corrected chi connectivity index (χ3v) is 6.84. The van der Waals surface area contributed by atoms with Crippen LogP contribution >= 0.6 is 0 Å². The van der Waals surface area contributed by atoms with Gasteiger partial charge in [-0.25, -0.2) is 13.1 Å². The summed E-state index contributed by atoms with van der Waals surface area (Å²) >= 11 is 0. The van der Waals surface area contributed by atoms with Gasteiger partial charge in [0, 0.05) is 6.04 Å². The average Bonchev–Trinajstić information content (AvgIpc) is 2.85. The molecule has 4 nitrogen and oxygen atoms in total. The molecule has 3 fully saturated rings. The second kappa shape index (κ2) is 4.06. The number of nitrogens with one attached hydrogen (secondary N) is 1. The molecule has 0 heterocycles. The van der Waals surface area contributed by atoms with Crippen molar-refractivity contribution in [3.05, 3.63) is 29.8 Å². The van der Waals surface area contributed by atoms with E-state index in [1.807, 2.05) is 6.07 Å². The molecule has 5 heteroatoms. The van der Waals surface area contributed by atoms with Crippen molar-refractivity contribution in [1.82, 2.24) is 4.72 Å². The van der Waals surface area contributed by atoms with Crippen molar-refractivity contribution in [3.63, 3.8) is 0 Å². The molecule has 20 heavy (non-hydrogen) atoms. The first-order valence-corrected chi connectivity index (χ1v) is 8.61. The molecule has 0 aromatic heterocycles. The van der Waals surface area contributed by atoms with Gasteiger partial charge in [0.2, 0.25) is 10.0 Å². The average molecular weight is 288 g/mol. The van der Waals surface area contributed by atoms with E-state index in [0.29, 0.717) is 11.8 Å². The zero-order valence-corrected chi connectivity index (χ0v) is 11.8. The maximum Gasteiger partial charge on any atom is 0.242 e. The van der Waals surface area contributed by atoms with Crippen LogP contribution in [0.25, 0.3) is 0 Å². The van der Waals surface area contributed by atoms with Gasteiger partial charge in [0.1, 0.15) is 6.07 Å². The first kappa shape index (κ1) is 12.4. The lowest BCUT2D eigenvalue weighted by atomic mass is 10.0. The Labute approximate surface area is 118 Å². The number of hydrogen-bond donors (Lipinski definition) is 1. The zero-order chi connectivity index (χ0) is 13.9. The first-order chi connectivity index (χ1) is 9.62. The zero-order valence-electron chi connectivity index (χ0n) is 11.0. The van der Waals surface area contributed by atoms with Crippen molar-refractivity contribution < 1.29 is 8.42 Å². The monoisotopic (exact) mass is 288 g/mol. The van der Waals surface area contributed by atoms with E-state index >= 15 is 0 Å². The fourth-order valence-corrected chi connectivity index (χ4v) is 5.98. The fourth-order valence-electron chi connectivity index (χ4n) is 4.52. The van der Waals surface area contributed by atoms with Gasteiger partial charge in [-0.05, 0) is 55.1 Å². The molecule has 1 N–H and O–H groups in total. The molecular formula is C15H16N2O2S. The Morgan fingerprint density at radius 1 is 1.15 bits per heavy atom. The third kappa shape index (κ3) is 1.65. The summed E-state index contributed by atoms with van der Waals surface area (Å²) in [6.07, 6.45) is 3.82. The van der Waals surface area contributed by atoms with Gasteiger partial charge in [-0.15, -0.1) is 0 Å². The number of nitrogens with zero attached hydrogens (tertiary/aromatic N) is 1. The molecular weight excluding hydrogens is 272 g/mol. The van der Waals surface area contributed by atoms with Gasteiger partial charge in [0.05, 0.1) is 10.5 Å². The highest BCUT2D eigenvalue weighted by Crippen LogP contribution is 2.65. The Morgan fingerprint density at radius 3 is 2.45 bits per heavy atom. The van der Waals surface area contributed by atoms with E-state index < -0.39 is 10.0 Å². The summed E-state index contributed by atoms with van der Waals surface area (Å²) in [6, 6.07) is 8.46. The Morgan fingerprint density at radius 2 is 1.80 bits per heavy atom. The SMILES string of the molecule is N#Cc1ccccc1S(=O)(=O)NC1C2C3CCC(C3)C12. The van der Waals surface area contributed by atoms with Crippen LogP contribution in [0.15, 0.2) is 29.2 Å². The van der Waals surface area contributed by atoms with Crippen molar-refractivity contribution in [2.24, 2.45) is 23.7 Å². The Bertz CT molecular complexity index is 691. The summed E-state index contributed by atoms with van der Waals surface area (Å²) < 4.78 is 27.8. The van der Waals surface area contributed by atoms with Gasteiger partial charge in [0.15, 0.2) is 0 Å². The van der Waals surface area contributed by atoms with Crippen LogP contribution in [-0.2, 0) is 10.0 Å². The molecule has 4 atom stereocenters. The summed E-state index contributed by atoms with van der Waals surface area (Å²) in [5.41, 5.74) is 0.216. The number of benzene rings is 1.